The molecule has 0 saturated heterocycles. The lowest BCUT2D eigenvalue weighted by molar-refractivity contribution is 0.182. The fourth-order valence-electron chi connectivity index (χ4n) is 2.61. The van der Waals surface area contributed by atoms with Gasteiger partial charge in [0.15, 0.2) is 0 Å². The Bertz CT molecular complexity index is 566. The second-order valence-electron chi connectivity index (χ2n) is 5.49. The quantitative estimate of drug-likeness (QED) is 0.727. The summed E-state index contributed by atoms with van der Waals surface area (Å²) >= 11 is 0. The molecule has 0 aliphatic carbocycles. The highest BCUT2D eigenvalue weighted by molar-refractivity contribution is 5.76. The van der Waals surface area contributed by atoms with Gasteiger partial charge in [-0.3, -0.25) is 4.90 Å². The number of para-hydroxylation sites is 2. The number of likely N-dealkylation sites (N-methyl/N-ethyl adjacent to an activating group) is 1. The zero-order valence-corrected chi connectivity index (χ0v) is 13.0. The zero-order chi connectivity index (χ0) is 15.2. The van der Waals surface area contributed by atoms with Gasteiger partial charge in [-0.25, -0.2) is 4.98 Å². The number of benzene rings is 1. The highest BCUT2D eigenvalue weighted by Gasteiger charge is 2.19. The van der Waals surface area contributed by atoms with Crippen molar-refractivity contribution in [2.45, 2.75) is 32.4 Å². The van der Waals surface area contributed by atoms with E-state index < -0.39 is 0 Å². The van der Waals surface area contributed by atoms with Gasteiger partial charge in [0.2, 0.25) is 0 Å². The molecular formula is C16H26N4O. The molecule has 5 nitrogen and oxygen atoms in total. The number of hydrogen-bond acceptors (Lipinski definition) is 4. The summed E-state index contributed by atoms with van der Waals surface area (Å²) < 4.78 is 2.30. The van der Waals surface area contributed by atoms with Crippen LogP contribution in [0, 0.1) is 0 Å². The number of nitrogens with two attached hydrogens (primary N) is 1. The van der Waals surface area contributed by atoms with Crippen molar-refractivity contribution in [3.05, 3.63) is 30.1 Å². The number of aromatic nitrogens is 2. The first-order valence-electron chi connectivity index (χ1n) is 7.65. The van der Waals surface area contributed by atoms with Gasteiger partial charge in [0, 0.05) is 13.1 Å². The molecule has 21 heavy (non-hydrogen) atoms. The SMILES string of the molecule is CC(c1nc2ccccc2n1CCCCN)N(C)CCO. The van der Waals surface area contributed by atoms with Crippen LogP contribution in [0.4, 0.5) is 0 Å². The van der Waals surface area contributed by atoms with E-state index in [4.69, 9.17) is 15.8 Å². The Balaban J connectivity index is 2.33. The Labute approximate surface area is 126 Å². The predicted molar refractivity (Wildman–Crippen MR) is 86.2 cm³/mol. The molecule has 0 spiro atoms. The van der Waals surface area contributed by atoms with Crippen molar-refractivity contribution in [1.29, 1.82) is 0 Å². The molecule has 116 valence electrons. The van der Waals surface area contributed by atoms with Gasteiger partial charge in [-0.05, 0) is 45.5 Å². The van der Waals surface area contributed by atoms with Gasteiger partial charge in [0.05, 0.1) is 23.7 Å². The lowest BCUT2D eigenvalue weighted by atomic mass is 10.2. The molecule has 1 aromatic carbocycles. The van der Waals surface area contributed by atoms with Gasteiger partial charge < -0.3 is 15.4 Å². The summed E-state index contributed by atoms with van der Waals surface area (Å²) in [5, 5.41) is 9.13. The first-order valence-corrected chi connectivity index (χ1v) is 7.65. The van der Waals surface area contributed by atoms with Crippen LogP contribution in [0.15, 0.2) is 24.3 Å². The number of hydrogen-bond donors (Lipinski definition) is 2. The lowest BCUT2D eigenvalue weighted by Crippen LogP contribution is -2.28. The van der Waals surface area contributed by atoms with Crippen LogP contribution in [0.1, 0.15) is 31.6 Å². The van der Waals surface area contributed by atoms with E-state index in [1.807, 2.05) is 13.1 Å². The van der Waals surface area contributed by atoms with Crippen LogP contribution in [-0.4, -0.2) is 46.3 Å². The average molecular weight is 290 g/mol. The van der Waals surface area contributed by atoms with Crippen LogP contribution in [0.25, 0.3) is 11.0 Å². The Morgan fingerprint density at radius 3 is 2.81 bits per heavy atom. The molecule has 3 N–H and O–H groups in total. The van der Waals surface area contributed by atoms with Gasteiger partial charge in [-0.2, -0.15) is 0 Å². The van der Waals surface area contributed by atoms with Crippen molar-refractivity contribution in [3.63, 3.8) is 0 Å². The monoisotopic (exact) mass is 290 g/mol. The summed E-state index contributed by atoms with van der Waals surface area (Å²) in [5.41, 5.74) is 7.81. The standard InChI is InChI=1S/C16H26N4O/c1-13(19(2)11-12-21)16-18-14-7-3-4-8-15(14)20(16)10-6-5-9-17/h3-4,7-8,13,21H,5-6,9-12,17H2,1-2H3. The van der Waals surface area contributed by atoms with Crippen LogP contribution in [-0.2, 0) is 6.54 Å². The van der Waals surface area contributed by atoms with E-state index in [2.05, 4.69) is 34.6 Å². The van der Waals surface area contributed by atoms with E-state index in [0.29, 0.717) is 6.54 Å². The number of aliphatic hydroxyl groups excluding tert-OH is 1. The third kappa shape index (κ3) is 3.61. The van der Waals surface area contributed by atoms with Gasteiger partial charge in [0.1, 0.15) is 5.82 Å². The maximum absolute atomic E-state index is 9.13. The predicted octanol–water partition coefficient (Wildman–Crippen LogP) is 1.76. The molecule has 1 unspecified atom stereocenters. The number of imidazole rings is 1. The largest absolute Gasteiger partial charge is 0.395 e. The van der Waals surface area contributed by atoms with E-state index in [0.717, 1.165) is 37.3 Å². The van der Waals surface area contributed by atoms with Crippen molar-refractivity contribution in [1.82, 2.24) is 14.5 Å². The molecule has 2 rings (SSSR count). The first-order chi connectivity index (χ1) is 10.2. The second kappa shape index (κ2) is 7.54. The van der Waals surface area contributed by atoms with Gasteiger partial charge in [0.25, 0.3) is 0 Å². The zero-order valence-electron chi connectivity index (χ0n) is 13.0. The molecule has 0 radical (unpaired) electrons. The molecule has 0 aliphatic heterocycles. The number of unbranched alkanes of at least 4 members (excludes halogenated alkanes) is 1. The highest BCUT2D eigenvalue weighted by atomic mass is 16.3. The van der Waals surface area contributed by atoms with Crippen LogP contribution in [0.2, 0.25) is 0 Å². The normalized spacial score (nSPS) is 13.2. The van der Waals surface area contributed by atoms with Crippen molar-refractivity contribution < 1.29 is 5.11 Å². The van der Waals surface area contributed by atoms with E-state index in [1.165, 1.54) is 5.52 Å². The molecule has 0 bridgehead atoms. The molecule has 0 saturated carbocycles. The van der Waals surface area contributed by atoms with Crippen molar-refractivity contribution in [3.8, 4) is 0 Å². The van der Waals surface area contributed by atoms with Gasteiger partial charge >= 0.3 is 0 Å². The molecule has 2 aromatic rings. The van der Waals surface area contributed by atoms with E-state index >= 15 is 0 Å². The summed E-state index contributed by atoms with van der Waals surface area (Å²) in [6, 6.07) is 8.41. The maximum atomic E-state index is 9.13. The summed E-state index contributed by atoms with van der Waals surface area (Å²) in [6.07, 6.45) is 2.08. The Morgan fingerprint density at radius 1 is 1.33 bits per heavy atom. The molecule has 1 atom stereocenters. The topological polar surface area (TPSA) is 67.3 Å². The molecule has 0 fully saturated rings. The molecule has 0 amide bonds. The Hall–Kier alpha value is -1.43. The first kappa shape index (κ1) is 15.9. The number of aliphatic hydroxyl groups is 1. The minimum Gasteiger partial charge on any atom is -0.395 e. The summed E-state index contributed by atoms with van der Waals surface area (Å²) in [4.78, 5) is 6.93. The van der Waals surface area contributed by atoms with Crippen LogP contribution in [0.3, 0.4) is 0 Å². The average Bonchev–Trinajstić information content (AvgIpc) is 2.86. The van der Waals surface area contributed by atoms with Crippen LogP contribution in [0.5, 0.6) is 0 Å². The van der Waals surface area contributed by atoms with Crippen molar-refractivity contribution in [2.75, 3.05) is 26.7 Å². The lowest BCUT2D eigenvalue weighted by Gasteiger charge is -2.24. The van der Waals surface area contributed by atoms with E-state index in [9.17, 15) is 0 Å². The van der Waals surface area contributed by atoms with E-state index in [1.54, 1.807) is 0 Å². The highest BCUT2D eigenvalue weighted by Crippen LogP contribution is 2.24. The van der Waals surface area contributed by atoms with Crippen molar-refractivity contribution in [2.24, 2.45) is 5.73 Å². The molecule has 1 heterocycles. The third-order valence-electron chi connectivity index (χ3n) is 4.01. The Kier molecular flexibility index (Phi) is 5.73. The van der Waals surface area contributed by atoms with Gasteiger partial charge in [-0.15, -0.1) is 0 Å². The summed E-state index contributed by atoms with van der Waals surface area (Å²) in [5.74, 6) is 1.06. The summed E-state index contributed by atoms with van der Waals surface area (Å²) in [6.45, 7) is 4.60. The fraction of sp³-hybridized carbons (Fsp3) is 0.562. The van der Waals surface area contributed by atoms with Crippen molar-refractivity contribution >= 4 is 11.0 Å². The Morgan fingerprint density at radius 2 is 2.10 bits per heavy atom. The second-order valence-corrected chi connectivity index (χ2v) is 5.49. The van der Waals surface area contributed by atoms with Crippen LogP contribution >= 0.6 is 0 Å². The van der Waals surface area contributed by atoms with Gasteiger partial charge in [-0.1, -0.05) is 12.1 Å². The minimum atomic E-state index is 0.161. The number of rotatable bonds is 8. The van der Waals surface area contributed by atoms with E-state index in [-0.39, 0.29) is 12.6 Å². The molecule has 5 heteroatoms. The summed E-state index contributed by atoms with van der Waals surface area (Å²) in [7, 11) is 2.02. The molecule has 1 aromatic heterocycles. The number of nitrogens with zero attached hydrogens (tertiary/aromatic N) is 3. The number of aryl methyl sites for hydroxylation is 1. The smallest absolute Gasteiger partial charge is 0.127 e. The fourth-order valence-corrected chi connectivity index (χ4v) is 2.61. The molecular weight excluding hydrogens is 264 g/mol. The third-order valence-corrected chi connectivity index (χ3v) is 4.01. The molecule has 0 aliphatic rings. The maximum Gasteiger partial charge on any atom is 0.127 e. The van der Waals surface area contributed by atoms with Crippen LogP contribution < -0.4 is 5.73 Å². The minimum absolute atomic E-state index is 0.161. The number of fused-ring (bicyclic) bond motifs is 1.